The van der Waals surface area contributed by atoms with E-state index in [4.69, 9.17) is 0 Å². The Hall–Kier alpha value is -0.0800. The van der Waals surface area contributed by atoms with Gasteiger partial charge in [-0.25, -0.2) is 0 Å². The smallest absolute Gasteiger partial charge is 0.0243 e. The van der Waals surface area contributed by atoms with E-state index >= 15 is 0 Å². The van der Waals surface area contributed by atoms with E-state index in [9.17, 15) is 0 Å². The highest BCUT2D eigenvalue weighted by Crippen LogP contribution is 2.38. The zero-order chi connectivity index (χ0) is 11.5. The Bertz CT molecular complexity index is 181. The summed E-state index contributed by atoms with van der Waals surface area (Å²) in [6.07, 6.45) is 4.22. The molecule has 2 aliphatic heterocycles. The van der Waals surface area contributed by atoms with E-state index in [1.54, 1.807) is 0 Å². The molecule has 0 amide bonds. The van der Waals surface area contributed by atoms with Crippen molar-refractivity contribution in [2.45, 2.75) is 58.5 Å². The minimum atomic E-state index is 0.616. The fourth-order valence-electron chi connectivity index (χ4n) is 2.74. The van der Waals surface area contributed by atoms with Crippen molar-refractivity contribution in [1.29, 1.82) is 0 Å². The van der Waals surface area contributed by atoms with Crippen LogP contribution >= 0.6 is 0 Å². The number of hydrogen-bond donors (Lipinski definition) is 0. The van der Waals surface area contributed by atoms with E-state index in [-0.39, 0.29) is 0 Å². The van der Waals surface area contributed by atoms with Crippen LogP contribution < -0.4 is 0 Å². The van der Waals surface area contributed by atoms with Crippen molar-refractivity contribution in [3.63, 3.8) is 0 Å². The SMILES string of the molecule is CC.CC(C)N1CCC2(CC1)CCN2C. The largest absolute Gasteiger partial charge is 0.301 e. The van der Waals surface area contributed by atoms with Crippen molar-refractivity contribution >= 4 is 0 Å². The molecule has 2 heteroatoms. The lowest BCUT2D eigenvalue weighted by Crippen LogP contribution is -2.62. The van der Waals surface area contributed by atoms with Gasteiger partial charge in [0.05, 0.1) is 0 Å². The molecule has 2 heterocycles. The molecule has 2 nitrogen and oxygen atoms in total. The molecule has 1 spiro atoms. The summed E-state index contributed by atoms with van der Waals surface area (Å²) in [6, 6.07) is 0.739. The summed E-state index contributed by atoms with van der Waals surface area (Å²) < 4.78 is 0. The van der Waals surface area contributed by atoms with E-state index in [0.717, 1.165) is 6.04 Å². The van der Waals surface area contributed by atoms with Crippen molar-refractivity contribution in [3.8, 4) is 0 Å². The number of nitrogens with zero attached hydrogens (tertiary/aromatic N) is 2. The van der Waals surface area contributed by atoms with Gasteiger partial charge in [-0.3, -0.25) is 0 Å². The molecular weight excluding hydrogens is 184 g/mol. The fourth-order valence-corrected chi connectivity index (χ4v) is 2.74. The Labute approximate surface area is 95.6 Å². The Balaban J connectivity index is 0.000000531. The second kappa shape index (κ2) is 5.31. The van der Waals surface area contributed by atoms with Gasteiger partial charge < -0.3 is 9.80 Å². The summed E-state index contributed by atoms with van der Waals surface area (Å²) in [4.78, 5) is 5.17. The highest BCUT2D eigenvalue weighted by Gasteiger charge is 2.44. The summed E-state index contributed by atoms with van der Waals surface area (Å²) in [7, 11) is 2.29. The first kappa shape index (κ1) is 13.0. The molecule has 0 aromatic carbocycles. The van der Waals surface area contributed by atoms with Crippen LogP contribution in [0.2, 0.25) is 0 Å². The maximum atomic E-state index is 2.61. The van der Waals surface area contributed by atoms with Gasteiger partial charge in [-0.05, 0) is 40.2 Å². The first-order chi connectivity index (χ1) is 7.14. The van der Waals surface area contributed by atoms with Crippen LogP contribution in [0.4, 0.5) is 0 Å². The molecule has 0 bridgehead atoms. The number of hydrogen-bond acceptors (Lipinski definition) is 2. The Kier molecular flexibility index (Phi) is 4.60. The van der Waals surface area contributed by atoms with Crippen LogP contribution in [0.1, 0.15) is 47.0 Å². The van der Waals surface area contributed by atoms with Crippen LogP contribution in [0.25, 0.3) is 0 Å². The number of piperidine rings is 1. The van der Waals surface area contributed by atoms with Gasteiger partial charge >= 0.3 is 0 Å². The van der Waals surface area contributed by atoms with Gasteiger partial charge in [0.15, 0.2) is 0 Å². The highest BCUT2D eigenvalue weighted by atomic mass is 15.3. The molecule has 0 aromatic rings. The number of rotatable bonds is 1. The zero-order valence-electron chi connectivity index (χ0n) is 11.2. The predicted octanol–water partition coefficient (Wildman–Crippen LogP) is 2.59. The monoisotopic (exact) mass is 212 g/mol. The average Bonchev–Trinajstić information content (AvgIpc) is 2.30. The van der Waals surface area contributed by atoms with Crippen LogP contribution in [-0.4, -0.2) is 48.1 Å². The highest BCUT2D eigenvalue weighted by molar-refractivity contribution is 5.01. The lowest BCUT2D eigenvalue weighted by Gasteiger charge is -2.55. The van der Waals surface area contributed by atoms with Crippen LogP contribution in [-0.2, 0) is 0 Å². The third-order valence-corrected chi connectivity index (χ3v) is 4.18. The molecule has 2 saturated heterocycles. The molecule has 0 saturated carbocycles. The van der Waals surface area contributed by atoms with Crippen molar-refractivity contribution in [2.75, 3.05) is 26.7 Å². The molecule has 2 rings (SSSR count). The predicted molar refractivity (Wildman–Crippen MR) is 67.3 cm³/mol. The summed E-state index contributed by atoms with van der Waals surface area (Å²) in [5, 5.41) is 0. The van der Waals surface area contributed by atoms with Gasteiger partial charge in [-0.1, -0.05) is 13.8 Å². The van der Waals surface area contributed by atoms with Gasteiger partial charge in [-0.2, -0.15) is 0 Å². The molecular formula is C13H28N2. The molecule has 0 aliphatic carbocycles. The molecule has 2 aliphatic rings. The van der Waals surface area contributed by atoms with Gasteiger partial charge in [0.2, 0.25) is 0 Å². The maximum Gasteiger partial charge on any atom is 0.0243 e. The quantitative estimate of drug-likeness (QED) is 0.659. The van der Waals surface area contributed by atoms with Gasteiger partial charge in [0.1, 0.15) is 0 Å². The molecule has 0 radical (unpaired) electrons. The Morgan fingerprint density at radius 1 is 0.933 bits per heavy atom. The van der Waals surface area contributed by atoms with E-state index < -0.39 is 0 Å². The van der Waals surface area contributed by atoms with Crippen molar-refractivity contribution < 1.29 is 0 Å². The standard InChI is InChI=1S/C11H22N2.C2H6/c1-10(2)13-8-5-11(6-9-13)4-7-12(11)3;1-2/h10H,4-9H2,1-3H3;1-2H3. The molecule has 0 aromatic heterocycles. The molecule has 90 valence electrons. The van der Waals surface area contributed by atoms with Crippen LogP contribution in [0.15, 0.2) is 0 Å². The second-order valence-electron chi connectivity index (χ2n) is 5.03. The Morgan fingerprint density at radius 3 is 1.67 bits per heavy atom. The second-order valence-corrected chi connectivity index (χ2v) is 5.03. The Morgan fingerprint density at radius 2 is 1.40 bits per heavy atom. The van der Waals surface area contributed by atoms with Gasteiger partial charge in [0, 0.05) is 31.2 Å². The molecule has 0 atom stereocenters. The summed E-state index contributed by atoms with van der Waals surface area (Å²) >= 11 is 0. The third-order valence-electron chi connectivity index (χ3n) is 4.18. The van der Waals surface area contributed by atoms with E-state index in [2.05, 4.69) is 30.7 Å². The van der Waals surface area contributed by atoms with Crippen LogP contribution in [0.5, 0.6) is 0 Å². The molecule has 0 N–H and O–H groups in total. The van der Waals surface area contributed by atoms with Crippen molar-refractivity contribution in [2.24, 2.45) is 0 Å². The summed E-state index contributed by atoms with van der Waals surface area (Å²) in [5.74, 6) is 0. The lowest BCUT2D eigenvalue weighted by molar-refractivity contribution is -0.0446. The first-order valence-electron chi connectivity index (χ1n) is 6.59. The van der Waals surface area contributed by atoms with Crippen LogP contribution in [0, 0.1) is 0 Å². The third kappa shape index (κ3) is 2.54. The summed E-state index contributed by atoms with van der Waals surface area (Å²) in [5.41, 5.74) is 0.616. The molecule has 2 fully saturated rings. The molecule has 15 heavy (non-hydrogen) atoms. The van der Waals surface area contributed by atoms with E-state index in [0.29, 0.717) is 5.54 Å². The van der Waals surface area contributed by atoms with Crippen molar-refractivity contribution in [1.82, 2.24) is 9.80 Å². The summed E-state index contributed by atoms with van der Waals surface area (Å²) in [6.45, 7) is 12.6. The van der Waals surface area contributed by atoms with Gasteiger partial charge in [0.25, 0.3) is 0 Å². The minimum Gasteiger partial charge on any atom is -0.301 e. The lowest BCUT2D eigenvalue weighted by atomic mass is 9.77. The number of likely N-dealkylation sites (tertiary alicyclic amines) is 2. The normalized spacial score (nSPS) is 26.0. The minimum absolute atomic E-state index is 0.616. The first-order valence-corrected chi connectivity index (χ1v) is 6.59. The molecule has 0 unspecified atom stereocenters. The van der Waals surface area contributed by atoms with E-state index in [1.807, 2.05) is 13.8 Å². The fraction of sp³-hybridized carbons (Fsp3) is 1.00. The van der Waals surface area contributed by atoms with Crippen LogP contribution in [0.3, 0.4) is 0 Å². The van der Waals surface area contributed by atoms with Crippen molar-refractivity contribution in [3.05, 3.63) is 0 Å². The average molecular weight is 212 g/mol. The maximum absolute atomic E-state index is 2.61. The van der Waals surface area contributed by atoms with E-state index in [1.165, 1.54) is 38.9 Å². The van der Waals surface area contributed by atoms with Gasteiger partial charge in [-0.15, -0.1) is 0 Å². The zero-order valence-corrected chi connectivity index (χ0v) is 11.2. The topological polar surface area (TPSA) is 6.48 Å².